The molecule has 13 heteroatoms. The molecule has 2 bridgehead atoms. The third-order valence-corrected chi connectivity index (χ3v) is 11.1. The number of fused-ring (bicyclic) bond motifs is 5. The first-order valence-electron chi connectivity index (χ1n) is 16.2. The molecule has 0 spiro atoms. The van der Waals surface area contributed by atoms with Gasteiger partial charge in [-0.05, 0) is 36.8 Å². The summed E-state index contributed by atoms with van der Waals surface area (Å²) in [5.74, 6) is -8.37. The van der Waals surface area contributed by atoms with Crippen molar-refractivity contribution in [2.45, 2.75) is 103 Å². The molecule has 1 aromatic rings. The summed E-state index contributed by atoms with van der Waals surface area (Å²) >= 11 is 0. The Bertz CT molecular complexity index is 1500. The Morgan fingerprint density at radius 2 is 1.44 bits per heavy atom. The first-order chi connectivity index (χ1) is 22.3. The number of Topliss-reactive ketones (excluding diaryl/α,β-unsaturated/α-hetero) is 1. The molecule has 4 fully saturated rings. The number of esters is 5. The van der Waals surface area contributed by atoms with Crippen molar-refractivity contribution in [3.05, 3.63) is 35.9 Å². The summed E-state index contributed by atoms with van der Waals surface area (Å²) in [5.41, 5.74) is -6.71. The van der Waals surface area contributed by atoms with Gasteiger partial charge in [-0.25, -0.2) is 9.59 Å². The number of benzene rings is 1. The van der Waals surface area contributed by atoms with Crippen molar-refractivity contribution in [2.24, 2.45) is 34.5 Å². The number of aliphatic hydroxyl groups is 2. The second-order valence-corrected chi connectivity index (χ2v) is 14.8. The van der Waals surface area contributed by atoms with Crippen LogP contribution in [0.4, 0.5) is 0 Å². The number of hydrogen-bond acceptors (Lipinski definition) is 13. The molecule has 0 aromatic heterocycles. The standard InChI is InChI=1S/C35H44O13/c1-17-13-34(43)25(26(17)47-29(42)21-11-9-8-10-12-21)28(46-24(40)16-36)35(48-20(4)39)14-22-23(15-32(5,6)27(22)41)33(7,30(34)44-18(2)37)31(35)45-19(3)38/h8-12,17,22-23,25-26,28,30-31,36,43H,13-16H2,1-7H3. The smallest absolute Gasteiger partial charge is 0.338 e. The van der Waals surface area contributed by atoms with Crippen molar-refractivity contribution >= 4 is 35.6 Å². The molecular formula is C35H44O13. The van der Waals surface area contributed by atoms with E-state index < -0.39 is 107 Å². The molecule has 2 N–H and O–H groups in total. The van der Waals surface area contributed by atoms with Crippen LogP contribution >= 0.6 is 0 Å². The number of carbonyl (C=O) groups is 6. The molecular weight excluding hydrogens is 628 g/mol. The van der Waals surface area contributed by atoms with Gasteiger partial charge in [-0.3, -0.25) is 19.2 Å². The van der Waals surface area contributed by atoms with Crippen LogP contribution in [-0.4, -0.2) is 88.1 Å². The van der Waals surface area contributed by atoms with E-state index in [1.54, 1.807) is 45.9 Å². The van der Waals surface area contributed by atoms with E-state index in [2.05, 4.69) is 0 Å². The van der Waals surface area contributed by atoms with E-state index in [1.165, 1.54) is 12.1 Å². The zero-order valence-corrected chi connectivity index (χ0v) is 28.2. The summed E-state index contributed by atoms with van der Waals surface area (Å²) in [7, 11) is 0. The van der Waals surface area contributed by atoms with Crippen LogP contribution in [0, 0.1) is 34.5 Å². The van der Waals surface area contributed by atoms with Crippen LogP contribution < -0.4 is 0 Å². The minimum atomic E-state index is -2.18. The van der Waals surface area contributed by atoms with E-state index in [9.17, 15) is 39.0 Å². The van der Waals surface area contributed by atoms with Gasteiger partial charge in [0.2, 0.25) is 0 Å². The van der Waals surface area contributed by atoms with Crippen LogP contribution in [0.25, 0.3) is 0 Å². The first-order valence-corrected chi connectivity index (χ1v) is 16.2. The van der Waals surface area contributed by atoms with Gasteiger partial charge in [-0.2, -0.15) is 0 Å². The number of aliphatic hydroxyl groups excluding tert-OH is 1. The maximum absolute atomic E-state index is 14.1. The van der Waals surface area contributed by atoms with Crippen LogP contribution in [0.5, 0.6) is 0 Å². The topological polar surface area (TPSA) is 189 Å². The van der Waals surface area contributed by atoms with E-state index in [-0.39, 0.29) is 30.6 Å². The lowest BCUT2D eigenvalue weighted by molar-refractivity contribution is -0.269. The molecule has 0 radical (unpaired) electrons. The van der Waals surface area contributed by atoms with Gasteiger partial charge in [0, 0.05) is 38.5 Å². The van der Waals surface area contributed by atoms with Crippen LogP contribution in [-0.2, 0) is 47.7 Å². The second-order valence-electron chi connectivity index (χ2n) is 14.8. The predicted molar refractivity (Wildman–Crippen MR) is 164 cm³/mol. The maximum atomic E-state index is 14.1. The number of rotatable bonds is 7. The highest BCUT2D eigenvalue weighted by molar-refractivity contribution is 5.90. The third-order valence-electron chi connectivity index (χ3n) is 11.1. The molecule has 1 aromatic carbocycles. The molecule has 11 atom stereocenters. The Balaban J connectivity index is 1.86. The van der Waals surface area contributed by atoms with Gasteiger partial charge < -0.3 is 33.9 Å². The fourth-order valence-electron chi connectivity index (χ4n) is 9.62. The molecule has 13 nitrogen and oxygen atoms in total. The van der Waals surface area contributed by atoms with E-state index in [0.717, 1.165) is 20.8 Å². The molecule has 48 heavy (non-hydrogen) atoms. The average molecular weight is 673 g/mol. The molecule has 4 saturated carbocycles. The summed E-state index contributed by atoms with van der Waals surface area (Å²) in [5, 5.41) is 23.0. The normalized spacial score (nSPS) is 39.2. The van der Waals surface area contributed by atoms with Gasteiger partial charge in [0.1, 0.15) is 30.2 Å². The molecule has 0 saturated heterocycles. The van der Waals surface area contributed by atoms with Crippen LogP contribution in [0.2, 0.25) is 0 Å². The van der Waals surface area contributed by atoms with E-state index >= 15 is 0 Å². The first kappa shape index (κ1) is 35.5. The summed E-state index contributed by atoms with van der Waals surface area (Å²) in [6.45, 7) is 9.09. The SMILES string of the molecule is CC(=O)OC1C2(O)CC(C)C(OC(=O)c3ccccc3)C2C(OC(=O)CO)C2(OC(C)=O)CC3C(=O)C(C)(C)CC3C1(C)C2OC(C)=O. The minimum absolute atomic E-state index is 0.164. The summed E-state index contributed by atoms with van der Waals surface area (Å²) in [4.78, 5) is 79.8. The average Bonchev–Trinajstić information content (AvgIpc) is 3.38. The van der Waals surface area contributed by atoms with Gasteiger partial charge in [0.05, 0.1) is 16.9 Å². The van der Waals surface area contributed by atoms with E-state index in [0.29, 0.717) is 0 Å². The number of ketones is 1. The van der Waals surface area contributed by atoms with Crippen molar-refractivity contribution in [3.63, 3.8) is 0 Å². The van der Waals surface area contributed by atoms with Crippen molar-refractivity contribution in [1.29, 1.82) is 0 Å². The number of ether oxygens (including phenoxy) is 5. The Morgan fingerprint density at radius 3 is 2.00 bits per heavy atom. The van der Waals surface area contributed by atoms with Crippen molar-refractivity contribution in [3.8, 4) is 0 Å². The predicted octanol–water partition coefficient (Wildman–Crippen LogP) is 2.32. The Morgan fingerprint density at radius 1 is 0.833 bits per heavy atom. The third kappa shape index (κ3) is 5.48. The highest BCUT2D eigenvalue weighted by atomic mass is 16.6. The maximum Gasteiger partial charge on any atom is 0.338 e. The molecule has 0 aliphatic heterocycles. The van der Waals surface area contributed by atoms with E-state index in [1.807, 2.05) is 0 Å². The highest BCUT2D eigenvalue weighted by Crippen LogP contribution is 2.69. The molecule has 0 amide bonds. The van der Waals surface area contributed by atoms with E-state index in [4.69, 9.17) is 23.7 Å². The largest absolute Gasteiger partial charge is 0.459 e. The Hall–Kier alpha value is -3.84. The molecule has 0 heterocycles. The van der Waals surface area contributed by atoms with Crippen molar-refractivity contribution in [1.82, 2.24) is 0 Å². The highest BCUT2D eigenvalue weighted by Gasteiger charge is 2.82. The zero-order chi connectivity index (χ0) is 35.6. The summed E-state index contributed by atoms with van der Waals surface area (Å²) < 4.78 is 30.3. The molecule has 262 valence electrons. The number of hydrogen-bond donors (Lipinski definition) is 2. The number of carbonyl (C=O) groups excluding carboxylic acids is 6. The summed E-state index contributed by atoms with van der Waals surface area (Å²) in [6, 6.07) is 8.06. The summed E-state index contributed by atoms with van der Waals surface area (Å²) in [6.07, 6.45) is -6.36. The van der Waals surface area contributed by atoms with Gasteiger partial charge in [-0.15, -0.1) is 0 Å². The Kier molecular flexibility index (Phi) is 9.05. The second kappa shape index (κ2) is 12.2. The van der Waals surface area contributed by atoms with Gasteiger partial charge in [0.25, 0.3) is 0 Å². The Labute approximate surface area is 278 Å². The lowest BCUT2D eigenvalue weighted by Crippen LogP contribution is -2.70. The monoisotopic (exact) mass is 672 g/mol. The fourth-order valence-corrected chi connectivity index (χ4v) is 9.62. The van der Waals surface area contributed by atoms with Gasteiger partial charge in [0.15, 0.2) is 17.8 Å². The lowest BCUT2D eigenvalue weighted by Gasteiger charge is -2.58. The quantitative estimate of drug-likeness (QED) is 0.318. The van der Waals surface area contributed by atoms with Crippen LogP contribution in [0.1, 0.15) is 78.1 Å². The van der Waals surface area contributed by atoms with Crippen molar-refractivity contribution in [2.75, 3.05) is 6.61 Å². The molecule has 4 aliphatic rings. The zero-order valence-electron chi connectivity index (χ0n) is 28.2. The minimum Gasteiger partial charge on any atom is -0.459 e. The van der Waals surface area contributed by atoms with Crippen molar-refractivity contribution < 1.29 is 62.7 Å². The van der Waals surface area contributed by atoms with Gasteiger partial charge >= 0.3 is 29.8 Å². The molecule has 5 rings (SSSR count). The molecule has 4 aliphatic carbocycles. The van der Waals surface area contributed by atoms with Gasteiger partial charge in [-0.1, -0.05) is 45.9 Å². The molecule has 11 unspecified atom stereocenters. The lowest BCUT2D eigenvalue weighted by atomic mass is 9.53. The van der Waals surface area contributed by atoms with Crippen LogP contribution in [0.3, 0.4) is 0 Å². The van der Waals surface area contributed by atoms with Crippen LogP contribution in [0.15, 0.2) is 30.3 Å². The fraction of sp³-hybridized carbons (Fsp3) is 0.657.